The average molecular weight is 364 g/mol. The number of rotatable bonds is 4. The van der Waals surface area contributed by atoms with Gasteiger partial charge in [-0.1, -0.05) is 0 Å². The molecular formula is C11H12Br2N2O2. The van der Waals surface area contributed by atoms with Crippen LogP contribution in [-0.2, 0) is 9.53 Å². The lowest BCUT2D eigenvalue weighted by molar-refractivity contribution is -0.143. The van der Waals surface area contributed by atoms with Crippen molar-refractivity contribution in [2.45, 2.75) is 24.9 Å². The van der Waals surface area contributed by atoms with Crippen molar-refractivity contribution in [1.29, 1.82) is 0 Å². The molecule has 2 rings (SSSR count). The van der Waals surface area contributed by atoms with Crippen molar-refractivity contribution >= 4 is 37.8 Å². The Labute approximate surface area is 116 Å². The minimum atomic E-state index is -0.505. The van der Waals surface area contributed by atoms with Gasteiger partial charge in [0.1, 0.15) is 6.04 Å². The Morgan fingerprint density at radius 3 is 2.82 bits per heavy atom. The number of esters is 1. The van der Waals surface area contributed by atoms with Gasteiger partial charge in [-0.05, 0) is 50.8 Å². The number of hydrogen-bond donors (Lipinski definition) is 1. The SMILES string of the molecule is COC(=O)C(NC1CC1)c1ncc(Br)cc1Br. The number of aromatic nitrogens is 1. The summed E-state index contributed by atoms with van der Waals surface area (Å²) in [6.45, 7) is 0. The Bertz CT molecular complexity index is 435. The number of halogens is 2. The molecule has 1 heterocycles. The van der Waals surface area contributed by atoms with E-state index in [1.807, 2.05) is 6.07 Å². The first kappa shape index (κ1) is 13.0. The highest BCUT2D eigenvalue weighted by molar-refractivity contribution is 9.11. The Balaban J connectivity index is 2.26. The lowest BCUT2D eigenvalue weighted by atomic mass is 10.2. The maximum absolute atomic E-state index is 11.8. The predicted octanol–water partition coefficient (Wildman–Crippen LogP) is 2.57. The number of ether oxygens (including phenoxy) is 1. The van der Waals surface area contributed by atoms with Gasteiger partial charge in [-0.2, -0.15) is 0 Å². The molecular weight excluding hydrogens is 352 g/mol. The third kappa shape index (κ3) is 3.26. The zero-order chi connectivity index (χ0) is 12.4. The minimum absolute atomic E-state index is 0.313. The Morgan fingerprint density at radius 1 is 1.59 bits per heavy atom. The van der Waals surface area contributed by atoms with Gasteiger partial charge in [-0.15, -0.1) is 0 Å². The van der Waals surface area contributed by atoms with Gasteiger partial charge >= 0.3 is 5.97 Å². The smallest absolute Gasteiger partial charge is 0.329 e. The van der Waals surface area contributed by atoms with Crippen LogP contribution in [-0.4, -0.2) is 24.1 Å². The Hall–Kier alpha value is -0.460. The molecule has 1 aliphatic rings. The van der Waals surface area contributed by atoms with Gasteiger partial charge in [0.25, 0.3) is 0 Å². The van der Waals surface area contributed by atoms with Gasteiger partial charge in [-0.25, -0.2) is 4.79 Å². The van der Waals surface area contributed by atoms with Crippen LogP contribution >= 0.6 is 31.9 Å². The molecule has 4 nitrogen and oxygen atoms in total. The summed E-state index contributed by atoms with van der Waals surface area (Å²) in [5, 5.41) is 3.24. The molecule has 0 saturated heterocycles. The molecule has 0 aromatic carbocycles. The minimum Gasteiger partial charge on any atom is -0.468 e. The van der Waals surface area contributed by atoms with Crippen LogP contribution in [0.25, 0.3) is 0 Å². The van der Waals surface area contributed by atoms with E-state index in [4.69, 9.17) is 4.74 Å². The van der Waals surface area contributed by atoms with Gasteiger partial charge in [0, 0.05) is 21.2 Å². The summed E-state index contributed by atoms with van der Waals surface area (Å²) >= 11 is 6.75. The van der Waals surface area contributed by atoms with E-state index in [1.165, 1.54) is 7.11 Å². The quantitative estimate of drug-likeness (QED) is 0.835. The van der Waals surface area contributed by atoms with Crippen molar-refractivity contribution in [2.24, 2.45) is 0 Å². The van der Waals surface area contributed by atoms with Crippen LogP contribution < -0.4 is 5.32 Å². The molecule has 1 fully saturated rings. The summed E-state index contributed by atoms with van der Waals surface area (Å²) in [6, 6.07) is 1.76. The molecule has 1 saturated carbocycles. The summed E-state index contributed by atoms with van der Waals surface area (Å²) in [5.74, 6) is -0.313. The van der Waals surface area contributed by atoms with Crippen LogP contribution in [0.5, 0.6) is 0 Å². The number of nitrogens with zero attached hydrogens (tertiary/aromatic N) is 1. The first-order valence-corrected chi connectivity index (χ1v) is 6.85. The third-order valence-electron chi connectivity index (χ3n) is 2.53. The van der Waals surface area contributed by atoms with Gasteiger partial charge in [-0.3, -0.25) is 10.3 Å². The van der Waals surface area contributed by atoms with E-state index in [-0.39, 0.29) is 5.97 Å². The molecule has 1 atom stereocenters. The molecule has 6 heteroatoms. The first-order chi connectivity index (χ1) is 8.11. The molecule has 0 radical (unpaired) electrons. The van der Waals surface area contributed by atoms with E-state index in [0.29, 0.717) is 11.7 Å². The molecule has 0 spiro atoms. The van der Waals surface area contributed by atoms with Crippen molar-refractivity contribution < 1.29 is 9.53 Å². The van der Waals surface area contributed by atoms with E-state index in [9.17, 15) is 4.79 Å². The zero-order valence-corrected chi connectivity index (χ0v) is 12.4. The summed E-state index contributed by atoms with van der Waals surface area (Å²) < 4.78 is 6.46. The van der Waals surface area contributed by atoms with Crippen molar-refractivity contribution in [2.75, 3.05) is 7.11 Å². The lowest BCUT2D eigenvalue weighted by Crippen LogP contribution is -2.32. The summed E-state index contributed by atoms with van der Waals surface area (Å²) in [5.41, 5.74) is 0.659. The van der Waals surface area contributed by atoms with E-state index in [0.717, 1.165) is 21.8 Å². The van der Waals surface area contributed by atoms with E-state index in [2.05, 4.69) is 42.2 Å². The highest BCUT2D eigenvalue weighted by Crippen LogP contribution is 2.29. The number of methoxy groups -OCH3 is 1. The van der Waals surface area contributed by atoms with Gasteiger partial charge in [0.15, 0.2) is 0 Å². The van der Waals surface area contributed by atoms with Gasteiger partial charge in [0.2, 0.25) is 0 Å². The number of carbonyl (C=O) groups is 1. The van der Waals surface area contributed by atoms with Gasteiger partial charge in [0.05, 0.1) is 12.8 Å². The molecule has 0 bridgehead atoms. The standard InChI is InChI=1S/C11H12Br2N2O2/c1-17-11(16)10(15-7-2-3-7)9-8(13)4-6(12)5-14-9/h4-5,7,10,15H,2-3H2,1H3. The number of nitrogens with one attached hydrogen (secondary N) is 1. The van der Waals surface area contributed by atoms with E-state index < -0.39 is 6.04 Å². The van der Waals surface area contributed by atoms with Crippen LogP contribution in [0.1, 0.15) is 24.6 Å². The fourth-order valence-electron chi connectivity index (χ4n) is 1.50. The highest BCUT2D eigenvalue weighted by Gasteiger charge is 2.32. The summed E-state index contributed by atoms with van der Waals surface area (Å²) in [6.07, 6.45) is 3.87. The van der Waals surface area contributed by atoms with Crippen LogP contribution in [0.4, 0.5) is 0 Å². The molecule has 0 amide bonds. The second kappa shape index (κ2) is 5.46. The molecule has 92 valence electrons. The fraction of sp³-hybridized carbons (Fsp3) is 0.455. The Kier molecular flexibility index (Phi) is 4.17. The summed E-state index contributed by atoms with van der Waals surface area (Å²) in [4.78, 5) is 16.0. The average Bonchev–Trinajstić information content (AvgIpc) is 3.10. The normalized spacial score (nSPS) is 16.6. The van der Waals surface area contributed by atoms with E-state index >= 15 is 0 Å². The predicted molar refractivity (Wildman–Crippen MR) is 70.6 cm³/mol. The topological polar surface area (TPSA) is 51.2 Å². The molecule has 17 heavy (non-hydrogen) atoms. The third-order valence-corrected chi connectivity index (χ3v) is 3.60. The molecule has 1 aliphatic carbocycles. The molecule has 0 aliphatic heterocycles. The lowest BCUT2D eigenvalue weighted by Gasteiger charge is -2.16. The van der Waals surface area contributed by atoms with Gasteiger partial charge < -0.3 is 4.74 Å². The molecule has 1 unspecified atom stereocenters. The molecule has 1 N–H and O–H groups in total. The van der Waals surface area contributed by atoms with Crippen molar-refractivity contribution in [3.8, 4) is 0 Å². The number of pyridine rings is 1. The largest absolute Gasteiger partial charge is 0.468 e. The highest BCUT2D eigenvalue weighted by atomic mass is 79.9. The summed E-state index contributed by atoms with van der Waals surface area (Å²) in [7, 11) is 1.39. The first-order valence-electron chi connectivity index (χ1n) is 5.26. The molecule has 1 aromatic heterocycles. The van der Waals surface area contributed by atoms with Crippen molar-refractivity contribution in [3.05, 3.63) is 26.9 Å². The second-order valence-corrected chi connectivity index (χ2v) is 5.69. The van der Waals surface area contributed by atoms with Crippen LogP contribution in [0.2, 0.25) is 0 Å². The maximum atomic E-state index is 11.8. The van der Waals surface area contributed by atoms with Crippen molar-refractivity contribution in [1.82, 2.24) is 10.3 Å². The van der Waals surface area contributed by atoms with Crippen LogP contribution in [0, 0.1) is 0 Å². The van der Waals surface area contributed by atoms with Crippen LogP contribution in [0.15, 0.2) is 21.2 Å². The Morgan fingerprint density at radius 2 is 2.29 bits per heavy atom. The number of carbonyl (C=O) groups excluding carboxylic acids is 1. The fourth-order valence-corrected chi connectivity index (χ4v) is 2.72. The maximum Gasteiger partial charge on any atom is 0.329 e. The second-order valence-electron chi connectivity index (χ2n) is 3.92. The van der Waals surface area contributed by atoms with Crippen molar-refractivity contribution in [3.63, 3.8) is 0 Å². The monoisotopic (exact) mass is 362 g/mol. The van der Waals surface area contributed by atoms with E-state index in [1.54, 1.807) is 6.20 Å². The van der Waals surface area contributed by atoms with Crippen LogP contribution in [0.3, 0.4) is 0 Å². The zero-order valence-electron chi connectivity index (χ0n) is 9.24. The number of hydrogen-bond acceptors (Lipinski definition) is 4. The molecule has 1 aromatic rings.